The molecular formula is C23H26ClN3O2. The average Bonchev–Trinajstić information content (AvgIpc) is 3.13. The van der Waals surface area contributed by atoms with E-state index in [1.807, 2.05) is 65.2 Å². The molecule has 0 bridgehead atoms. The molecule has 0 aliphatic carbocycles. The van der Waals surface area contributed by atoms with Gasteiger partial charge in [0.2, 0.25) is 0 Å². The smallest absolute Gasteiger partial charge is 0.296 e. The van der Waals surface area contributed by atoms with E-state index in [1.54, 1.807) is 11.9 Å². The summed E-state index contributed by atoms with van der Waals surface area (Å²) in [5.74, 6) is -0.887. The third kappa shape index (κ3) is 4.07. The zero-order valence-corrected chi connectivity index (χ0v) is 17.6. The van der Waals surface area contributed by atoms with Gasteiger partial charge in [-0.25, -0.2) is 0 Å². The van der Waals surface area contributed by atoms with Crippen LogP contribution in [0, 0.1) is 0 Å². The van der Waals surface area contributed by atoms with Crippen LogP contribution in [-0.2, 0) is 4.79 Å². The number of nitrogens with zero attached hydrogens (tertiary/aromatic N) is 3. The van der Waals surface area contributed by atoms with Crippen LogP contribution in [0.4, 0.5) is 0 Å². The third-order valence-corrected chi connectivity index (χ3v) is 5.73. The fourth-order valence-corrected chi connectivity index (χ4v) is 4.00. The number of Topliss-reactive ketones (excluding diaryl/α,β-unsaturated/α-hetero) is 1. The molecule has 29 heavy (non-hydrogen) atoms. The van der Waals surface area contributed by atoms with Crippen LogP contribution in [0.3, 0.4) is 0 Å². The van der Waals surface area contributed by atoms with Crippen molar-refractivity contribution in [3.8, 4) is 11.1 Å². The molecule has 0 radical (unpaired) electrons. The minimum atomic E-state index is -0.452. The number of piperidine rings is 1. The molecule has 152 valence electrons. The molecule has 1 fully saturated rings. The van der Waals surface area contributed by atoms with Crippen LogP contribution < -0.4 is 0 Å². The molecule has 0 saturated carbocycles. The zero-order chi connectivity index (χ0) is 19.7. The Morgan fingerprint density at radius 3 is 2.34 bits per heavy atom. The van der Waals surface area contributed by atoms with E-state index in [1.165, 1.54) is 0 Å². The van der Waals surface area contributed by atoms with Gasteiger partial charge in [-0.15, -0.1) is 12.4 Å². The van der Waals surface area contributed by atoms with E-state index in [2.05, 4.69) is 11.9 Å². The standard InChI is InChI=1S/C23H25N3O2.ClH/c1-24-14-11-18(12-15-24)25(2)23(28)22(27)21-20(17-8-4-3-5-9-17)16-19-10-6-7-13-26(19)21;/h3-10,13,16,18H,11-12,14-15H2,1-2H3;1H. The second-order valence-electron chi connectivity index (χ2n) is 7.55. The number of amides is 1. The SMILES string of the molecule is CN1CCC(N(C)C(=O)C(=O)c2c(-c3ccccc3)cc3ccccn23)CC1.Cl. The Morgan fingerprint density at radius 2 is 1.66 bits per heavy atom. The molecule has 0 atom stereocenters. The van der Waals surface area contributed by atoms with Crippen molar-refractivity contribution in [1.82, 2.24) is 14.2 Å². The molecule has 1 amide bonds. The van der Waals surface area contributed by atoms with Gasteiger partial charge in [0.1, 0.15) is 5.69 Å². The lowest BCUT2D eigenvalue weighted by atomic mass is 10.0. The predicted molar refractivity (Wildman–Crippen MR) is 118 cm³/mol. The number of fused-ring (bicyclic) bond motifs is 1. The first-order valence-corrected chi connectivity index (χ1v) is 9.72. The zero-order valence-electron chi connectivity index (χ0n) is 16.7. The van der Waals surface area contributed by atoms with Gasteiger partial charge in [-0.1, -0.05) is 36.4 Å². The highest BCUT2D eigenvalue weighted by molar-refractivity contribution is 6.43. The number of hydrogen-bond acceptors (Lipinski definition) is 3. The first kappa shape index (κ1) is 21.1. The van der Waals surface area contributed by atoms with Crippen molar-refractivity contribution in [2.24, 2.45) is 0 Å². The Kier molecular flexibility index (Phi) is 6.40. The second kappa shape index (κ2) is 8.80. The Morgan fingerprint density at radius 1 is 1.00 bits per heavy atom. The molecule has 3 aromatic rings. The summed E-state index contributed by atoms with van der Waals surface area (Å²) in [6.45, 7) is 1.89. The molecule has 1 aliphatic rings. The Hall–Kier alpha value is -2.63. The number of likely N-dealkylation sites (N-methyl/N-ethyl adjacent to an activating group) is 1. The van der Waals surface area contributed by atoms with Gasteiger partial charge in [0.25, 0.3) is 11.7 Å². The quantitative estimate of drug-likeness (QED) is 0.485. The number of carbonyl (C=O) groups is 2. The molecule has 0 unspecified atom stereocenters. The molecule has 1 saturated heterocycles. The summed E-state index contributed by atoms with van der Waals surface area (Å²) in [6.07, 6.45) is 3.64. The molecule has 2 aromatic heterocycles. The Labute approximate surface area is 177 Å². The number of aromatic nitrogens is 1. The van der Waals surface area contributed by atoms with Gasteiger partial charge in [0.15, 0.2) is 0 Å². The topological polar surface area (TPSA) is 45.0 Å². The molecule has 1 aromatic carbocycles. The second-order valence-corrected chi connectivity index (χ2v) is 7.55. The summed E-state index contributed by atoms with van der Waals surface area (Å²) in [6, 6.07) is 17.6. The monoisotopic (exact) mass is 411 g/mol. The van der Waals surface area contributed by atoms with E-state index in [0.717, 1.165) is 42.6 Å². The van der Waals surface area contributed by atoms with Gasteiger partial charge in [-0.2, -0.15) is 0 Å². The minimum Gasteiger partial charge on any atom is -0.336 e. The normalized spacial score (nSPS) is 15.1. The number of pyridine rings is 1. The van der Waals surface area contributed by atoms with Crippen molar-refractivity contribution >= 4 is 29.6 Å². The maximum Gasteiger partial charge on any atom is 0.296 e. The lowest BCUT2D eigenvalue weighted by molar-refractivity contribution is -0.128. The Bertz CT molecular complexity index is 1010. The van der Waals surface area contributed by atoms with E-state index in [4.69, 9.17) is 0 Å². The predicted octanol–water partition coefficient (Wildman–Crippen LogP) is 3.76. The summed E-state index contributed by atoms with van der Waals surface area (Å²) in [7, 11) is 3.84. The van der Waals surface area contributed by atoms with Crippen LogP contribution >= 0.6 is 12.4 Å². The average molecular weight is 412 g/mol. The molecule has 4 rings (SSSR count). The van der Waals surface area contributed by atoms with Gasteiger partial charge in [-0.05, 0) is 56.7 Å². The summed E-state index contributed by atoms with van der Waals surface area (Å²) in [5.41, 5.74) is 3.07. The summed E-state index contributed by atoms with van der Waals surface area (Å²) in [4.78, 5) is 30.3. The number of likely N-dealkylation sites (tertiary alicyclic amines) is 1. The number of benzene rings is 1. The van der Waals surface area contributed by atoms with Crippen LogP contribution in [0.25, 0.3) is 16.6 Å². The van der Waals surface area contributed by atoms with E-state index in [9.17, 15) is 9.59 Å². The molecule has 1 aliphatic heterocycles. The van der Waals surface area contributed by atoms with Crippen LogP contribution in [0.1, 0.15) is 23.3 Å². The molecular weight excluding hydrogens is 386 g/mol. The van der Waals surface area contributed by atoms with Crippen LogP contribution in [-0.4, -0.2) is 59.1 Å². The van der Waals surface area contributed by atoms with Gasteiger partial charge in [0.05, 0.1) is 0 Å². The van der Waals surface area contributed by atoms with E-state index >= 15 is 0 Å². The largest absolute Gasteiger partial charge is 0.336 e. The van der Waals surface area contributed by atoms with Crippen molar-refractivity contribution in [3.63, 3.8) is 0 Å². The lowest BCUT2D eigenvalue weighted by Gasteiger charge is -2.34. The van der Waals surface area contributed by atoms with Crippen molar-refractivity contribution < 1.29 is 9.59 Å². The first-order chi connectivity index (χ1) is 13.6. The van der Waals surface area contributed by atoms with Crippen molar-refractivity contribution in [3.05, 3.63) is 66.5 Å². The number of rotatable bonds is 4. The van der Waals surface area contributed by atoms with Crippen molar-refractivity contribution in [2.45, 2.75) is 18.9 Å². The molecule has 0 spiro atoms. The summed E-state index contributed by atoms with van der Waals surface area (Å²) in [5, 5.41) is 0. The molecule has 0 N–H and O–H groups in total. The fraction of sp³-hybridized carbons (Fsp3) is 0.304. The number of hydrogen-bond donors (Lipinski definition) is 0. The first-order valence-electron chi connectivity index (χ1n) is 9.72. The highest BCUT2D eigenvalue weighted by Crippen LogP contribution is 2.29. The Balaban J connectivity index is 0.00000240. The third-order valence-electron chi connectivity index (χ3n) is 5.73. The van der Waals surface area contributed by atoms with Crippen molar-refractivity contribution in [1.29, 1.82) is 0 Å². The van der Waals surface area contributed by atoms with Crippen LogP contribution in [0.5, 0.6) is 0 Å². The highest BCUT2D eigenvalue weighted by atomic mass is 35.5. The maximum absolute atomic E-state index is 13.3. The summed E-state index contributed by atoms with van der Waals surface area (Å²) >= 11 is 0. The van der Waals surface area contributed by atoms with Gasteiger partial charge < -0.3 is 14.2 Å². The molecule has 3 heterocycles. The minimum absolute atomic E-state index is 0. The van der Waals surface area contributed by atoms with E-state index in [0.29, 0.717) is 5.69 Å². The fourth-order valence-electron chi connectivity index (χ4n) is 4.00. The van der Waals surface area contributed by atoms with Crippen LogP contribution in [0.15, 0.2) is 60.8 Å². The van der Waals surface area contributed by atoms with Gasteiger partial charge in [-0.3, -0.25) is 9.59 Å². The lowest BCUT2D eigenvalue weighted by Crippen LogP contribution is -2.46. The number of carbonyl (C=O) groups excluding carboxylic acids is 2. The van der Waals surface area contributed by atoms with E-state index < -0.39 is 11.7 Å². The number of halogens is 1. The van der Waals surface area contributed by atoms with E-state index in [-0.39, 0.29) is 18.4 Å². The number of ketones is 1. The van der Waals surface area contributed by atoms with Gasteiger partial charge in [0, 0.05) is 30.4 Å². The van der Waals surface area contributed by atoms with Crippen molar-refractivity contribution in [2.75, 3.05) is 27.2 Å². The highest BCUT2D eigenvalue weighted by Gasteiger charge is 2.31. The van der Waals surface area contributed by atoms with Crippen LogP contribution in [0.2, 0.25) is 0 Å². The van der Waals surface area contributed by atoms with Gasteiger partial charge >= 0.3 is 0 Å². The molecule has 5 nitrogen and oxygen atoms in total. The summed E-state index contributed by atoms with van der Waals surface area (Å²) < 4.78 is 1.82. The molecule has 6 heteroatoms. The maximum atomic E-state index is 13.3.